The van der Waals surface area contributed by atoms with E-state index in [1.807, 2.05) is 13.0 Å². The van der Waals surface area contributed by atoms with Crippen LogP contribution in [0.25, 0.3) is 0 Å². The van der Waals surface area contributed by atoms with Gasteiger partial charge in [-0.1, -0.05) is 0 Å². The molecule has 2 N–H and O–H groups in total. The molecule has 0 spiro atoms. The first-order chi connectivity index (χ1) is 10.6. The van der Waals surface area contributed by atoms with E-state index in [-0.39, 0.29) is 0 Å². The summed E-state index contributed by atoms with van der Waals surface area (Å²) in [5.41, 5.74) is 11.4. The zero-order valence-corrected chi connectivity index (χ0v) is 13.5. The molecule has 22 heavy (non-hydrogen) atoms. The van der Waals surface area contributed by atoms with Crippen molar-refractivity contribution in [1.82, 2.24) is 4.98 Å². The molecule has 0 bridgehead atoms. The van der Waals surface area contributed by atoms with Gasteiger partial charge in [0.05, 0.1) is 11.9 Å². The highest BCUT2D eigenvalue weighted by Crippen LogP contribution is 2.38. The first-order valence-electron chi connectivity index (χ1n) is 7.78. The van der Waals surface area contributed by atoms with Gasteiger partial charge in [-0.2, -0.15) is 0 Å². The number of anilines is 2. The predicted octanol–water partition coefficient (Wildman–Crippen LogP) is 3.71. The van der Waals surface area contributed by atoms with E-state index in [2.05, 4.69) is 36.1 Å². The average molecular weight is 297 g/mol. The SMILES string of the molecule is Cc1cc(N)cnc1Oc1ccc(N(C)C)c2c1CCCC2. The van der Waals surface area contributed by atoms with Gasteiger partial charge in [0.15, 0.2) is 0 Å². The molecular formula is C18H23N3O. The highest BCUT2D eigenvalue weighted by molar-refractivity contribution is 5.61. The van der Waals surface area contributed by atoms with E-state index in [9.17, 15) is 0 Å². The van der Waals surface area contributed by atoms with E-state index in [4.69, 9.17) is 10.5 Å². The lowest BCUT2D eigenvalue weighted by Gasteiger charge is -2.25. The number of rotatable bonds is 3. The lowest BCUT2D eigenvalue weighted by Crippen LogP contribution is -2.15. The second-order valence-electron chi connectivity index (χ2n) is 6.13. The number of benzene rings is 1. The number of hydrogen-bond acceptors (Lipinski definition) is 4. The highest BCUT2D eigenvalue weighted by atomic mass is 16.5. The number of nitrogens with zero attached hydrogens (tertiary/aromatic N) is 2. The molecule has 0 fully saturated rings. The lowest BCUT2D eigenvalue weighted by atomic mass is 9.89. The van der Waals surface area contributed by atoms with Crippen molar-refractivity contribution in [1.29, 1.82) is 0 Å². The zero-order chi connectivity index (χ0) is 15.7. The Morgan fingerprint density at radius 2 is 1.86 bits per heavy atom. The highest BCUT2D eigenvalue weighted by Gasteiger charge is 2.19. The van der Waals surface area contributed by atoms with Gasteiger partial charge in [-0.3, -0.25) is 0 Å². The Bertz CT molecular complexity index is 695. The molecule has 2 aromatic rings. The lowest BCUT2D eigenvalue weighted by molar-refractivity contribution is 0.449. The van der Waals surface area contributed by atoms with Gasteiger partial charge in [0.2, 0.25) is 5.88 Å². The average Bonchev–Trinajstić information content (AvgIpc) is 2.50. The number of nitrogen functional groups attached to an aromatic ring is 1. The van der Waals surface area contributed by atoms with Gasteiger partial charge in [0.1, 0.15) is 5.75 Å². The third-order valence-electron chi connectivity index (χ3n) is 4.21. The van der Waals surface area contributed by atoms with Crippen LogP contribution in [-0.2, 0) is 12.8 Å². The summed E-state index contributed by atoms with van der Waals surface area (Å²) in [6.45, 7) is 1.97. The van der Waals surface area contributed by atoms with Crippen molar-refractivity contribution in [3.63, 3.8) is 0 Å². The van der Waals surface area contributed by atoms with E-state index < -0.39 is 0 Å². The summed E-state index contributed by atoms with van der Waals surface area (Å²) in [5, 5.41) is 0. The van der Waals surface area contributed by atoms with Gasteiger partial charge in [-0.05, 0) is 56.4 Å². The molecular weight excluding hydrogens is 274 g/mol. The molecule has 0 atom stereocenters. The van der Waals surface area contributed by atoms with E-state index in [0.717, 1.165) is 24.2 Å². The van der Waals surface area contributed by atoms with Crippen LogP contribution in [0.3, 0.4) is 0 Å². The maximum atomic E-state index is 6.11. The van der Waals surface area contributed by atoms with Crippen LogP contribution in [0.1, 0.15) is 29.5 Å². The van der Waals surface area contributed by atoms with Crippen molar-refractivity contribution >= 4 is 11.4 Å². The van der Waals surface area contributed by atoms with E-state index in [1.165, 1.54) is 29.7 Å². The Balaban J connectivity index is 2.01. The smallest absolute Gasteiger partial charge is 0.222 e. The summed E-state index contributed by atoms with van der Waals surface area (Å²) in [6, 6.07) is 6.10. The van der Waals surface area contributed by atoms with Gasteiger partial charge in [-0.25, -0.2) is 4.98 Å². The molecule has 0 unspecified atom stereocenters. The standard InChI is InChI=1S/C18H23N3O/c1-12-10-13(19)11-20-18(12)22-17-9-8-16(21(2)3)14-6-4-5-7-15(14)17/h8-11H,4-7,19H2,1-3H3. The van der Waals surface area contributed by atoms with Crippen molar-refractivity contribution in [3.05, 3.63) is 41.1 Å². The molecule has 0 saturated carbocycles. The molecule has 4 nitrogen and oxygen atoms in total. The van der Waals surface area contributed by atoms with Gasteiger partial charge in [0, 0.05) is 30.9 Å². The van der Waals surface area contributed by atoms with E-state index >= 15 is 0 Å². The third kappa shape index (κ3) is 2.73. The Labute approximate surface area is 131 Å². The van der Waals surface area contributed by atoms with Crippen molar-refractivity contribution in [3.8, 4) is 11.6 Å². The fourth-order valence-electron chi connectivity index (χ4n) is 3.13. The maximum Gasteiger partial charge on any atom is 0.222 e. The van der Waals surface area contributed by atoms with Crippen LogP contribution >= 0.6 is 0 Å². The van der Waals surface area contributed by atoms with Crippen LogP contribution < -0.4 is 15.4 Å². The number of ether oxygens (including phenoxy) is 1. The largest absolute Gasteiger partial charge is 0.438 e. The summed E-state index contributed by atoms with van der Waals surface area (Å²) in [5.74, 6) is 1.57. The quantitative estimate of drug-likeness (QED) is 0.938. The minimum Gasteiger partial charge on any atom is -0.438 e. The Kier molecular flexibility index (Phi) is 3.92. The summed E-state index contributed by atoms with van der Waals surface area (Å²) in [4.78, 5) is 6.50. The molecule has 1 aliphatic carbocycles. The summed E-state index contributed by atoms with van der Waals surface area (Å²) >= 11 is 0. The molecule has 0 saturated heterocycles. The van der Waals surface area contributed by atoms with Crippen LogP contribution in [0.15, 0.2) is 24.4 Å². The number of pyridine rings is 1. The molecule has 1 heterocycles. The van der Waals surface area contributed by atoms with Crippen LogP contribution in [0.4, 0.5) is 11.4 Å². The van der Waals surface area contributed by atoms with Gasteiger partial charge < -0.3 is 15.4 Å². The van der Waals surface area contributed by atoms with Crippen LogP contribution in [0.2, 0.25) is 0 Å². The van der Waals surface area contributed by atoms with Gasteiger partial charge in [-0.15, -0.1) is 0 Å². The summed E-state index contributed by atoms with van der Waals surface area (Å²) < 4.78 is 6.11. The number of hydrogen-bond donors (Lipinski definition) is 1. The monoisotopic (exact) mass is 297 g/mol. The molecule has 116 valence electrons. The Morgan fingerprint density at radius 3 is 2.55 bits per heavy atom. The fraction of sp³-hybridized carbons (Fsp3) is 0.389. The Hall–Kier alpha value is -2.23. The van der Waals surface area contributed by atoms with Crippen LogP contribution in [0, 0.1) is 6.92 Å². The second kappa shape index (κ2) is 5.87. The van der Waals surface area contributed by atoms with Gasteiger partial charge >= 0.3 is 0 Å². The molecule has 1 aliphatic rings. The summed E-state index contributed by atoms with van der Waals surface area (Å²) in [7, 11) is 4.19. The topological polar surface area (TPSA) is 51.4 Å². The molecule has 0 radical (unpaired) electrons. The number of fused-ring (bicyclic) bond motifs is 1. The minimum absolute atomic E-state index is 0.638. The molecule has 3 rings (SSSR count). The first kappa shape index (κ1) is 14.7. The van der Waals surface area contributed by atoms with Crippen LogP contribution in [0.5, 0.6) is 11.6 Å². The molecule has 0 amide bonds. The maximum absolute atomic E-state index is 6.11. The predicted molar refractivity (Wildman–Crippen MR) is 90.9 cm³/mol. The van der Waals surface area contributed by atoms with Crippen molar-refractivity contribution < 1.29 is 4.74 Å². The van der Waals surface area contributed by atoms with Crippen molar-refractivity contribution in [2.75, 3.05) is 24.7 Å². The molecule has 4 heteroatoms. The second-order valence-corrected chi connectivity index (χ2v) is 6.13. The van der Waals surface area contributed by atoms with E-state index in [1.54, 1.807) is 6.20 Å². The molecule has 1 aromatic heterocycles. The van der Waals surface area contributed by atoms with Crippen molar-refractivity contribution in [2.24, 2.45) is 0 Å². The van der Waals surface area contributed by atoms with Gasteiger partial charge in [0.25, 0.3) is 0 Å². The Morgan fingerprint density at radius 1 is 1.14 bits per heavy atom. The number of aromatic nitrogens is 1. The van der Waals surface area contributed by atoms with E-state index in [0.29, 0.717) is 11.6 Å². The fourth-order valence-corrected chi connectivity index (χ4v) is 3.13. The normalized spacial score (nSPS) is 13.6. The van der Waals surface area contributed by atoms with Crippen molar-refractivity contribution in [2.45, 2.75) is 32.6 Å². The first-order valence-corrected chi connectivity index (χ1v) is 7.78. The summed E-state index contributed by atoms with van der Waals surface area (Å²) in [6.07, 6.45) is 6.29. The number of nitrogens with two attached hydrogens (primary N) is 1. The molecule has 1 aromatic carbocycles. The minimum atomic E-state index is 0.638. The zero-order valence-electron chi connectivity index (χ0n) is 13.5. The molecule has 0 aliphatic heterocycles. The number of aryl methyl sites for hydroxylation is 1. The third-order valence-corrected chi connectivity index (χ3v) is 4.21. The van der Waals surface area contributed by atoms with Crippen LogP contribution in [-0.4, -0.2) is 19.1 Å².